The minimum Gasteiger partial charge on any atom is -0.325 e. The van der Waals surface area contributed by atoms with Crippen molar-refractivity contribution in [2.45, 2.75) is 48.4 Å². The Balaban J connectivity index is 1.47. The lowest BCUT2D eigenvalue weighted by Crippen LogP contribution is -2.31. The molecule has 2 aliphatic rings. The van der Waals surface area contributed by atoms with E-state index in [1.54, 1.807) is 29.4 Å². The number of carbonyl (C=O) groups is 2. The lowest BCUT2D eigenvalue weighted by molar-refractivity contribution is -0.116. The van der Waals surface area contributed by atoms with Crippen molar-refractivity contribution >= 4 is 29.3 Å². The van der Waals surface area contributed by atoms with E-state index in [9.17, 15) is 14.4 Å². The van der Waals surface area contributed by atoms with Gasteiger partial charge in [0.2, 0.25) is 5.91 Å². The van der Waals surface area contributed by atoms with E-state index in [1.807, 2.05) is 0 Å². The molecule has 8 nitrogen and oxygen atoms in total. The normalized spacial score (nSPS) is 20.2. The predicted octanol–water partition coefficient (Wildman–Crippen LogP) is 2.13. The van der Waals surface area contributed by atoms with Crippen LogP contribution in [-0.4, -0.2) is 31.8 Å². The van der Waals surface area contributed by atoms with Gasteiger partial charge in [-0.2, -0.15) is 0 Å². The first kappa shape index (κ1) is 18.7. The summed E-state index contributed by atoms with van der Waals surface area (Å²) < 4.78 is 1.36. The molecule has 0 radical (unpaired) electrons. The summed E-state index contributed by atoms with van der Waals surface area (Å²) in [5, 5.41) is 12.6. The molecule has 1 fully saturated rings. The molecule has 2 unspecified atom stereocenters. The van der Waals surface area contributed by atoms with Gasteiger partial charge in [-0.15, -0.1) is 11.8 Å². The van der Waals surface area contributed by atoms with Crippen LogP contribution in [0.25, 0.3) is 0 Å². The summed E-state index contributed by atoms with van der Waals surface area (Å²) in [6, 6.07) is 6.06. The highest BCUT2D eigenvalue weighted by atomic mass is 32.2. The van der Waals surface area contributed by atoms with Gasteiger partial charge in [-0.05, 0) is 37.1 Å². The van der Waals surface area contributed by atoms with Gasteiger partial charge in [-0.25, -0.2) is 10.5 Å². The van der Waals surface area contributed by atoms with Crippen molar-refractivity contribution in [1.82, 2.24) is 15.0 Å². The summed E-state index contributed by atoms with van der Waals surface area (Å²) in [6.07, 6.45) is 5.87. The number of nitrogens with zero attached hydrogens (tertiary/aromatic N) is 2. The summed E-state index contributed by atoms with van der Waals surface area (Å²) >= 11 is 1.69. The molecule has 1 aliphatic heterocycles. The Morgan fingerprint density at radius 2 is 1.96 bits per heavy atom. The number of hydrogen-bond donors (Lipinski definition) is 3. The van der Waals surface area contributed by atoms with E-state index in [0.717, 1.165) is 29.9 Å². The third kappa shape index (κ3) is 3.55. The lowest BCUT2D eigenvalue weighted by Gasteiger charge is -2.23. The molecule has 1 aromatic heterocycles. The number of benzene rings is 1. The molecule has 2 amide bonds. The van der Waals surface area contributed by atoms with Gasteiger partial charge in [-0.3, -0.25) is 24.2 Å². The molecule has 28 heavy (non-hydrogen) atoms. The highest BCUT2D eigenvalue weighted by Crippen LogP contribution is 2.49. The molecule has 1 aromatic carbocycles. The first-order valence-corrected chi connectivity index (χ1v) is 10.0. The van der Waals surface area contributed by atoms with Crippen molar-refractivity contribution in [1.29, 1.82) is 0 Å². The van der Waals surface area contributed by atoms with Gasteiger partial charge in [0.1, 0.15) is 11.6 Å². The van der Waals surface area contributed by atoms with E-state index in [2.05, 4.69) is 10.3 Å². The molecule has 3 N–H and O–H groups in total. The highest BCUT2D eigenvalue weighted by Gasteiger charge is 2.38. The fourth-order valence-corrected chi connectivity index (χ4v) is 5.33. The van der Waals surface area contributed by atoms with Crippen molar-refractivity contribution in [3.8, 4) is 0 Å². The molecule has 2 atom stereocenters. The first-order chi connectivity index (χ1) is 13.6. The van der Waals surface area contributed by atoms with Gasteiger partial charge in [0.25, 0.3) is 11.5 Å². The molecule has 9 heteroatoms. The number of anilines is 1. The zero-order valence-electron chi connectivity index (χ0n) is 15.1. The molecule has 1 aliphatic carbocycles. The van der Waals surface area contributed by atoms with Crippen LogP contribution in [0.2, 0.25) is 0 Å². The van der Waals surface area contributed by atoms with Crippen LogP contribution in [0, 0.1) is 0 Å². The second kappa shape index (κ2) is 7.76. The largest absolute Gasteiger partial charge is 0.325 e. The fraction of sp³-hybridized carbons (Fsp3) is 0.368. The third-order valence-electron chi connectivity index (χ3n) is 5.22. The van der Waals surface area contributed by atoms with Gasteiger partial charge >= 0.3 is 0 Å². The van der Waals surface area contributed by atoms with Gasteiger partial charge in [0.15, 0.2) is 0 Å². The van der Waals surface area contributed by atoms with Crippen molar-refractivity contribution in [3.05, 3.63) is 52.1 Å². The average Bonchev–Trinajstić information content (AvgIpc) is 3.09. The number of amides is 2. The van der Waals surface area contributed by atoms with Crippen LogP contribution in [-0.2, 0) is 11.3 Å². The summed E-state index contributed by atoms with van der Waals surface area (Å²) in [6.45, 7) is -0.125. The number of nitrogens with one attached hydrogen (secondary N) is 2. The number of fused-ring (bicyclic) bond motifs is 3. The molecule has 0 spiro atoms. The van der Waals surface area contributed by atoms with Gasteiger partial charge in [0.05, 0.1) is 11.9 Å². The number of hydroxylamine groups is 1. The summed E-state index contributed by atoms with van der Waals surface area (Å²) in [7, 11) is 0. The lowest BCUT2D eigenvalue weighted by atomic mass is 9.85. The standard InChI is InChI=1S/C19H20N4O4S/c24-15(21-12-7-5-11(6-8-12)17(25)22-27)9-23-10-20-18-16(19(23)26)13-3-1-2-4-14(13)28-18/h5-8,10,13-14,27H,1-4,9H2,(H,21,24)(H,22,25). The van der Waals surface area contributed by atoms with E-state index >= 15 is 0 Å². The van der Waals surface area contributed by atoms with Crippen LogP contribution < -0.4 is 16.4 Å². The Labute approximate surface area is 165 Å². The van der Waals surface area contributed by atoms with Crippen LogP contribution in [0.4, 0.5) is 5.69 Å². The third-order valence-corrected chi connectivity index (χ3v) is 6.63. The molecule has 0 bridgehead atoms. The Kier molecular flexibility index (Phi) is 5.19. The van der Waals surface area contributed by atoms with Crippen LogP contribution in [0.15, 0.2) is 40.4 Å². The van der Waals surface area contributed by atoms with E-state index < -0.39 is 5.91 Å². The number of hydrogen-bond acceptors (Lipinski definition) is 6. The topological polar surface area (TPSA) is 113 Å². The highest BCUT2D eigenvalue weighted by molar-refractivity contribution is 8.00. The maximum Gasteiger partial charge on any atom is 0.274 e. The summed E-state index contributed by atoms with van der Waals surface area (Å²) in [4.78, 5) is 41.0. The number of rotatable bonds is 4. The zero-order chi connectivity index (χ0) is 19.7. The molecular weight excluding hydrogens is 380 g/mol. The second-order valence-corrected chi connectivity index (χ2v) is 8.24. The van der Waals surface area contributed by atoms with Crippen LogP contribution in [0.3, 0.4) is 0 Å². The van der Waals surface area contributed by atoms with Crippen molar-refractivity contribution in [2.24, 2.45) is 0 Å². The SMILES string of the molecule is O=C(Cn1cnc2c(c1=O)C1CCCCC1S2)Nc1ccc(C(=O)NO)cc1. The molecule has 146 valence electrons. The number of thioether (sulfide) groups is 1. The summed E-state index contributed by atoms with van der Waals surface area (Å²) in [5.41, 5.74) is 2.94. The van der Waals surface area contributed by atoms with E-state index in [4.69, 9.17) is 5.21 Å². The Morgan fingerprint density at radius 3 is 2.71 bits per heavy atom. The maximum atomic E-state index is 12.9. The van der Waals surface area contributed by atoms with E-state index in [0.29, 0.717) is 10.9 Å². The molecule has 2 heterocycles. The number of aromatic nitrogens is 2. The van der Waals surface area contributed by atoms with Crippen molar-refractivity contribution in [2.75, 3.05) is 5.32 Å². The summed E-state index contributed by atoms with van der Waals surface area (Å²) in [5.74, 6) is -0.740. The van der Waals surface area contributed by atoms with E-state index in [-0.39, 0.29) is 29.5 Å². The number of carbonyl (C=O) groups excluding carboxylic acids is 2. The minimum absolute atomic E-state index is 0.125. The second-order valence-electron chi connectivity index (χ2n) is 7.01. The monoisotopic (exact) mass is 400 g/mol. The van der Waals surface area contributed by atoms with Crippen LogP contribution >= 0.6 is 11.8 Å². The van der Waals surface area contributed by atoms with E-state index in [1.165, 1.54) is 29.4 Å². The predicted molar refractivity (Wildman–Crippen MR) is 104 cm³/mol. The average molecular weight is 400 g/mol. The first-order valence-electron chi connectivity index (χ1n) is 9.17. The van der Waals surface area contributed by atoms with Gasteiger partial charge < -0.3 is 5.32 Å². The zero-order valence-corrected chi connectivity index (χ0v) is 15.9. The minimum atomic E-state index is -0.632. The molecule has 2 aromatic rings. The quantitative estimate of drug-likeness (QED) is 0.412. The van der Waals surface area contributed by atoms with Crippen LogP contribution in [0.1, 0.15) is 47.5 Å². The van der Waals surface area contributed by atoms with Gasteiger partial charge in [0, 0.05) is 22.4 Å². The Bertz CT molecular complexity index is 973. The Hall–Kier alpha value is -2.65. The molecule has 1 saturated carbocycles. The van der Waals surface area contributed by atoms with Crippen molar-refractivity contribution < 1.29 is 14.8 Å². The molecule has 4 rings (SSSR count). The van der Waals surface area contributed by atoms with Crippen LogP contribution in [0.5, 0.6) is 0 Å². The molecule has 0 saturated heterocycles. The van der Waals surface area contributed by atoms with Gasteiger partial charge in [-0.1, -0.05) is 12.8 Å². The fourth-order valence-electron chi connectivity index (χ4n) is 3.85. The maximum absolute atomic E-state index is 12.9. The Morgan fingerprint density at radius 1 is 1.21 bits per heavy atom. The van der Waals surface area contributed by atoms with Crippen molar-refractivity contribution in [3.63, 3.8) is 0 Å². The smallest absolute Gasteiger partial charge is 0.274 e. The molecular formula is C19H20N4O4S.